The van der Waals surface area contributed by atoms with Crippen molar-refractivity contribution >= 4 is 23.0 Å². The maximum Gasteiger partial charge on any atom is 0.137 e. The van der Waals surface area contributed by atoms with Crippen LogP contribution in [0.1, 0.15) is 29.6 Å². The van der Waals surface area contributed by atoms with Gasteiger partial charge in [-0.15, -0.1) is 11.3 Å². The van der Waals surface area contributed by atoms with Gasteiger partial charge in [0.25, 0.3) is 0 Å². The summed E-state index contributed by atoms with van der Waals surface area (Å²) in [6.07, 6.45) is 3.65. The Morgan fingerprint density at radius 1 is 1.35 bits per heavy atom. The summed E-state index contributed by atoms with van der Waals surface area (Å²) in [5, 5.41) is 6.35. The van der Waals surface area contributed by atoms with E-state index in [4.69, 9.17) is 0 Å². The quantitative estimate of drug-likeness (QED) is 0.887. The van der Waals surface area contributed by atoms with Crippen LogP contribution in [0.2, 0.25) is 0 Å². The molecule has 0 amide bonds. The lowest BCUT2D eigenvalue weighted by Gasteiger charge is -2.21. The van der Waals surface area contributed by atoms with Gasteiger partial charge in [-0.05, 0) is 13.3 Å². The van der Waals surface area contributed by atoms with Crippen molar-refractivity contribution in [3.05, 3.63) is 28.0 Å². The van der Waals surface area contributed by atoms with Crippen molar-refractivity contribution in [3.63, 3.8) is 0 Å². The Balaban J connectivity index is 2.26. The maximum atomic E-state index is 4.51. The first-order chi connectivity index (χ1) is 9.65. The lowest BCUT2D eigenvalue weighted by Crippen LogP contribution is -2.20. The van der Waals surface area contributed by atoms with Crippen LogP contribution in [0.15, 0.2) is 11.7 Å². The predicted octanol–water partition coefficient (Wildman–Crippen LogP) is 2.87. The molecule has 6 heteroatoms. The van der Waals surface area contributed by atoms with E-state index in [9.17, 15) is 0 Å². The minimum absolute atomic E-state index is 0.765. The van der Waals surface area contributed by atoms with Crippen LogP contribution < -0.4 is 10.2 Å². The fourth-order valence-corrected chi connectivity index (χ4v) is 2.83. The van der Waals surface area contributed by atoms with E-state index in [1.165, 1.54) is 5.56 Å². The van der Waals surface area contributed by atoms with Gasteiger partial charge >= 0.3 is 0 Å². The Kier molecular flexibility index (Phi) is 4.89. The maximum absolute atomic E-state index is 4.51. The summed E-state index contributed by atoms with van der Waals surface area (Å²) < 4.78 is 0. The molecule has 0 unspecified atom stereocenters. The van der Waals surface area contributed by atoms with E-state index in [0.717, 1.165) is 41.7 Å². The van der Waals surface area contributed by atoms with Crippen molar-refractivity contribution in [3.8, 4) is 0 Å². The first-order valence-electron chi connectivity index (χ1n) is 6.79. The van der Waals surface area contributed by atoms with Gasteiger partial charge < -0.3 is 10.2 Å². The predicted molar refractivity (Wildman–Crippen MR) is 84.5 cm³/mol. The second-order valence-electron chi connectivity index (χ2n) is 4.74. The van der Waals surface area contributed by atoms with Gasteiger partial charge in [0.15, 0.2) is 0 Å². The number of rotatable bonds is 6. The lowest BCUT2D eigenvalue weighted by molar-refractivity contribution is 0.831. The third-order valence-corrected chi connectivity index (χ3v) is 3.91. The van der Waals surface area contributed by atoms with Crippen LogP contribution >= 0.6 is 11.3 Å². The highest BCUT2D eigenvalue weighted by molar-refractivity contribution is 7.09. The molecule has 0 spiro atoms. The summed E-state index contributed by atoms with van der Waals surface area (Å²) in [6, 6.07) is 0. The number of hydrogen-bond donors (Lipinski definition) is 1. The van der Waals surface area contributed by atoms with Crippen molar-refractivity contribution in [2.45, 2.75) is 33.2 Å². The number of thiazole rings is 1. The van der Waals surface area contributed by atoms with Crippen molar-refractivity contribution in [1.29, 1.82) is 0 Å². The summed E-state index contributed by atoms with van der Waals surface area (Å²) in [4.78, 5) is 15.4. The molecule has 2 aromatic rings. The van der Waals surface area contributed by atoms with Crippen LogP contribution in [0.4, 0.5) is 11.6 Å². The molecule has 0 saturated heterocycles. The van der Waals surface area contributed by atoms with Crippen LogP contribution in [0.5, 0.6) is 0 Å². The number of aromatic nitrogens is 3. The Morgan fingerprint density at radius 2 is 2.15 bits per heavy atom. The van der Waals surface area contributed by atoms with Gasteiger partial charge in [-0.2, -0.15) is 0 Å². The van der Waals surface area contributed by atoms with E-state index in [2.05, 4.69) is 44.5 Å². The Hall–Kier alpha value is -1.69. The Morgan fingerprint density at radius 3 is 2.75 bits per heavy atom. The molecular weight excluding hydrogens is 270 g/mol. The highest BCUT2D eigenvalue weighted by atomic mass is 32.1. The first kappa shape index (κ1) is 14.7. The van der Waals surface area contributed by atoms with Crippen molar-refractivity contribution in [2.75, 3.05) is 24.3 Å². The topological polar surface area (TPSA) is 53.9 Å². The molecule has 0 fully saturated rings. The number of hydrogen-bond acceptors (Lipinski definition) is 6. The summed E-state index contributed by atoms with van der Waals surface area (Å²) in [6.45, 7) is 4.96. The molecule has 0 radical (unpaired) electrons. The lowest BCUT2D eigenvalue weighted by atomic mass is 10.1. The van der Waals surface area contributed by atoms with E-state index in [1.807, 2.05) is 14.0 Å². The number of aryl methyl sites for hydroxylation is 1. The second-order valence-corrected chi connectivity index (χ2v) is 5.80. The Bertz CT molecular complexity index is 566. The molecule has 0 bridgehead atoms. The van der Waals surface area contributed by atoms with Crippen LogP contribution in [-0.4, -0.2) is 29.0 Å². The number of anilines is 2. The van der Waals surface area contributed by atoms with Crippen LogP contribution in [-0.2, 0) is 13.0 Å². The molecule has 0 aliphatic rings. The van der Waals surface area contributed by atoms with Gasteiger partial charge in [0.1, 0.15) is 18.0 Å². The molecule has 0 atom stereocenters. The molecule has 108 valence electrons. The summed E-state index contributed by atoms with van der Waals surface area (Å²) in [7, 11) is 3.95. The van der Waals surface area contributed by atoms with Gasteiger partial charge in [0.05, 0.1) is 17.2 Å². The second kappa shape index (κ2) is 6.65. The van der Waals surface area contributed by atoms with Gasteiger partial charge in [0, 0.05) is 25.0 Å². The summed E-state index contributed by atoms with van der Waals surface area (Å²) in [5.41, 5.74) is 2.26. The number of nitrogens with zero attached hydrogens (tertiary/aromatic N) is 4. The molecule has 5 nitrogen and oxygen atoms in total. The Labute approximate surface area is 124 Å². The van der Waals surface area contributed by atoms with Gasteiger partial charge in [-0.25, -0.2) is 15.0 Å². The van der Waals surface area contributed by atoms with E-state index in [1.54, 1.807) is 17.7 Å². The average molecular weight is 291 g/mol. The van der Waals surface area contributed by atoms with Gasteiger partial charge in [-0.3, -0.25) is 0 Å². The molecular formula is C14H21N5S. The fraction of sp³-hybridized carbons (Fsp3) is 0.500. The SMILES string of the molecule is CCCc1c(NC)ncnc1N(C)Cc1csc(C)n1. The summed E-state index contributed by atoms with van der Waals surface area (Å²) in [5.74, 6) is 1.90. The minimum atomic E-state index is 0.765. The van der Waals surface area contributed by atoms with E-state index >= 15 is 0 Å². The molecule has 0 aromatic carbocycles. The van der Waals surface area contributed by atoms with E-state index in [0.29, 0.717) is 0 Å². The van der Waals surface area contributed by atoms with Crippen LogP contribution in [0, 0.1) is 6.92 Å². The van der Waals surface area contributed by atoms with Crippen molar-refractivity contribution in [2.24, 2.45) is 0 Å². The summed E-state index contributed by atoms with van der Waals surface area (Å²) >= 11 is 1.68. The van der Waals surface area contributed by atoms with Gasteiger partial charge in [-0.1, -0.05) is 13.3 Å². The zero-order valence-corrected chi connectivity index (χ0v) is 13.3. The molecule has 0 aliphatic carbocycles. The molecule has 2 rings (SSSR count). The third kappa shape index (κ3) is 3.25. The van der Waals surface area contributed by atoms with Crippen LogP contribution in [0.25, 0.3) is 0 Å². The van der Waals surface area contributed by atoms with Crippen molar-refractivity contribution < 1.29 is 0 Å². The van der Waals surface area contributed by atoms with E-state index < -0.39 is 0 Å². The molecule has 2 aromatic heterocycles. The van der Waals surface area contributed by atoms with Gasteiger partial charge in [0.2, 0.25) is 0 Å². The van der Waals surface area contributed by atoms with E-state index in [-0.39, 0.29) is 0 Å². The largest absolute Gasteiger partial charge is 0.373 e. The molecule has 1 N–H and O–H groups in total. The third-order valence-electron chi connectivity index (χ3n) is 3.09. The van der Waals surface area contributed by atoms with Crippen molar-refractivity contribution in [1.82, 2.24) is 15.0 Å². The smallest absolute Gasteiger partial charge is 0.137 e. The highest BCUT2D eigenvalue weighted by Gasteiger charge is 2.14. The molecule has 2 heterocycles. The first-order valence-corrected chi connectivity index (χ1v) is 7.67. The standard InChI is InChI=1S/C14H21N5S/c1-5-6-12-13(15-3)16-9-17-14(12)19(4)7-11-8-20-10(2)18-11/h8-9H,5-7H2,1-4H3,(H,15,16,17). The minimum Gasteiger partial charge on any atom is -0.373 e. The molecule has 0 aliphatic heterocycles. The average Bonchev–Trinajstić information content (AvgIpc) is 2.84. The monoisotopic (exact) mass is 291 g/mol. The zero-order chi connectivity index (χ0) is 14.5. The zero-order valence-electron chi connectivity index (χ0n) is 12.5. The molecule has 20 heavy (non-hydrogen) atoms. The molecule has 0 saturated carbocycles. The van der Waals surface area contributed by atoms with Crippen LogP contribution in [0.3, 0.4) is 0 Å². The normalized spacial score (nSPS) is 10.6. The number of nitrogens with one attached hydrogen (secondary N) is 1. The fourth-order valence-electron chi connectivity index (χ4n) is 2.23. The highest BCUT2D eigenvalue weighted by Crippen LogP contribution is 2.25.